The number of pyridine rings is 1. The Hall–Kier alpha value is -1.91. The minimum absolute atomic E-state index is 0.127. The second-order valence-electron chi connectivity index (χ2n) is 5.39. The van der Waals surface area contributed by atoms with Crippen molar-refractivity contribution in [2.24, 2.45) is 5.73 Å². The smallest absolute Gasteiger partial charge is 0.128 e. The lowest BCUT2D eigenvalue weighted by Crippen LogP contribution is -2.36. The summed E-state index contributed by atoms with van der Waals surface area (Å²) in [5.74, 6) is 1.01. The Bertz CT molecular complexity index is 594. The van der Waals surface area contributed by atoms with Gasteiger partial charge in [0.15, 0.2) is 0 Å². The molecule has 0 bridgehead atoms. The maximum absolute atomic E-state index is 6.37. The third kappa shape index (κ3) is 3.06. The predicted octanol–water partition coefficient (Wildman–Crippen LogP) is 2.27. The van der Waals surface area contributed by atoms with Crippen molar-refractivity contribution in [3.05, 3.63) is 59.3 Å². The molecule has 2 heterocycles. The quantitative estimate of drug-likeness (QED) is 0.939. The van der Waals surface area contributed by atoms with E-state index in [4.69, 9.17) is 10.5 Å². The normalized spacial score (nSPS) is 16.8. The number of nitrogens with two attached hydrogens (primary N) is 1. The Morgan fingerprint density at radius 1 is 1.19 bits per heavy atom. The van der Waals surface area contributed by atoms with Gasteiger partial charge in [0.2, 0.25) is 0 Å². The van der Waals surface area contributed by atoms with Crippen LogP contribution in [0.1, 0.15) is 22.7 Å². The number of aryl methyl sites for hydroxylation is 1. The SMILES string of the molecule is Cc1cc(N2CCOCC2)ncc1[C@@H](N)c1ccccc1. The summed E-state index contributed by atoms with van der Waals surface area (Å²) in [5, 5.41) is 0. The van der Waals surface area contributed by atoms with Gasteiger partial charge in [-0.1, -0.05) is 30.3 Å². The van der Waals surface area contributed by atoms with E-state index >= 15 is 0 Å². The Labute approximate surface area is 125 Å². The topological polar surface area (TPSA) is 51.4 Å². The van der Waals surface area contributed by atoms with Gasteiger partial charge >= 0.3 is 0 Å². The van der Waals surface area contributed by atoms with Crippen LogP contribution in [0.3, 0.4) is 0 Å². The van der Waals surface area contributed by atoms with E-state index in [0.717, 1.165) is 43.2 Å². The van der Waals surface area contributed by atoms with E-state index in [1.165, 1.54) is 5.56 Å². The number of aromatic nitrogens is 1. The van der Waals surface area contributed by atoms with Crippen molar-refractivity contribution in [3.8, 4) is 0 Å². The molecule has 0 spiro atoms. The highest BCUT2D eigenvalue weighted by Crippen LogP contribution is 2.24. The van der Waals surface area contributed by atoms with Gasteiger partial charge in [-0.3, -0.25) is 0 Å². The predicted molar refractivity (Wildman–Crippen MR) is 84.5 cm³/mol. The third-order valence-electron chi connectivity index (χ3n) is 3.97. The van der Waals surface area contributed by atoms with Gasteiger partial charge in [0.1, 0.15) is 5.82 Å². The zero-order valence-electron chi connectivity index (χ0n) is 12.3. The number of anilines is 1. The van der Waals surface area contributed by atoms with Crippen LogP contribution in [0.15, 0.2) is 42.6 Å². The first kappa shape index (κ1) is 14.0. The molecular weight excluding hydrogens is 262 g/mol. The number of morpholine rings is 1. The summed E-state index contributed by atoms with van der Waals surface area (Å²) in [5.41, 5.74) is 9.75. The fraction of sp³-hybridized carbons (Fsp3) is 0.353. The molecule has 0 radical (unpaired) electrons. The van der Waals surface area contributed by atoms with Crippen molar-refractivity contribution in [3.63, 3.8) is 0 Å². The van der Waals surface area contributed by atoms with E-state index < -0.39 is 0 Å². The lowest BCUT2D eigenvalue weighted by molar-refractivity contribution is 0.122. The molecule has 2 N–H and O–H groups in total. The molecular formula is C17H21N3O. The van der Waals surface area contributed by atoms with Crippen LogP contribution in [0.25, 0.3) is 0 Å². The number of hydrogen-bond donors (Lipinski definition) is 1. The van der Waals surface area contributed by atoms with Gasteiger partial charge in [0, 0.05) is 19.3 Å². The van der Waals surface area contributed by atoms with Crippen LogP contribution in [0.4, 0.5) is 5.82 Å². The van der Waals surface area contributed by atoms with Gasteiger partial charge < -0.3 is 15.4 Å². The number of nitrogens with zero attached hydrogens (tertiary/aromatic N) is 2. The molecule has 0 unspecified atom stereocenters. The molecule has 0 saturated carbocycles. The van der Waals surface area contributed by atoms with Crippen LogP contribution in [0.5, 0.6) is 0 Å². The van der Waals surface area contributed by atoms with Crippen molar-refractivity contribution in [2.75, 3.05) is 31.2 Å². The largest absolute Gasteiger partial charge is 0.378 e. The Morgan fingerprint density at radius 3 is 2.57 bits per heavy atom. The first-order chi connectivity index (χ1) is 10.3. The zero-order valence-corrected chi connectivity index (χ0v) is 12.3. The van der Waals surface area contributed by atoms with E-state index in [2.05, 4.69) is 35.0 Å². The fourth-order valence-electron chi connectivity index (χ4n) is 2.68. The van der Waals surface area contributed by atoms with Crippen molar-refractivity contribution < 1.29 is 4.74 Å². The summed E-state index contributed by atoms with van der Waals surface area (Å²) >= 11 is 0. The molecule has 21 heavy (non-hydrogen) atoms. The Balaban J connectivity index is 1.84. The van der Waals surface area contributed by atoms with Crippen molar-refractivity contribution in [2.45, 2.75) is 13.0 Å². The molecule has 3 rings (SSSR count). The van der Waals surface area contributed by atoms with E-state index in [0.29, 0.717) is 0 Å². The summed E-state index contributed by atoms with van der Waals surface area (Å²) in [6, 6.07) is 12.1. The van der Waals surface area contributed by atoms with Crippen LogP contribution in [-0.2, 0) is 4.74 Å². The molecule has 1 aromatic carbocycles. The molecule has 4 nitrogen and oxygen atoms in total. The first-order valence-electron chi connectivity index (χ1n) is 7.35. The van der Waals surface area contributed by atoms with Gasteiger partial charge in [-0.25, -0.2) is 4.98 Å². The number of ether oxygens (including phenoxy) is 1. The van der Waals surface area contributed by atoms with E-state index in [-0.39, 0.29) is 6.04 Å². The molecule has 0 aliphatic carbocycles. The van der Waals surface area contributed by atoms with Gasteiger partial charge in [-0.05, 0) is 29.7 Å². The van der Waals surface area contributed by atoms with Crippen molar-refractivity contribution >= 4 is 5.82 Å². The van der Waals surface area contributed by atoms with E-state index in [1.807, 2.05) is 24.4 Å². The van der Waals surface area contributed by atoms with Crippen molar-refractivity contribution in [1.82, 2.24) is 4.98 Å². The molecule has 1 aliphatic rings. The lowest BCUT2D eigenvalue weighted by Gasteiger charge is -2.28. The highest BCUT2D eigenvalue weighted by atomic mass is 16.5. The van der Waals surface area contributed by atoms with E-state index in [1.54, 1.807) is 0 Å². The number of hydrogen-bond acceptors (Lipinski definition) is 4. The number of rotatable bonds is 3. The standard InChI is InChI=1S/C17H21N3O/c1-13-11-16(20-7-9-21-10-8-20)19-12-15(13)17(18)14-5-3-2-4-6-14/h2-6,11-12,17H,7-10,18H2,1H3/t17-/m0/s1. The molecule has 1 aliphatic heterocycles. The van der Waals surface area contributed by atoms with Crippen molar-refractivity contribution in [1.29, 1.82) is 0 Å². The monoisotopic (exact) mass is 283 g/mol. The molecule has 1 aromatic heterocycles. The van der Waals surface area contributed by atoms with Gasteiger partial charge in [-0.15, -0.1) is 0 Å². The Kier molecular flexibility index (Phi) is 4.18. The van der Waals surface area contributed by atoms with Gasteiger partial charge in [-0.2, -0.15) is 0 Å². The third-order valence-corrected chi connectivity index (χ3v) is 3.97. The Morgan fingerprint density at radius 2 is 1.90 bits per heavy atom. The minimum Gasteiger partial charge on any atom is -0.378 e. The summed E-state index contributed by atoms with van der Waals surface area (Å²) in [7, 11) is 0. The van der Waals surface area contributed by atoms with Crippen LogP contribution < -0.4 is 10.6 Å². The van der Waals surface area contributed by atoms with Crippen LogP contribution in [-0.4, -0.2) is 31.3 Å². The summed E-state index contributed by atoms with van der Waals surface area (Å²) in [6.07, 6.45) is 1.91. The lowest BCUT2D eigenvalue weighted by atomic mass is 9.97. The number of benzene rings is 1. The second kappa shape index (κ2) is 6.24. The second-order valence-corrected chi connectivity index (χ2v) is 5.39. The van der Waals surface area contributed by atoms with Gasteiger partial charge in [0.05, 0.1) is 19.3 Å². The van der Waals surface area contributed by atoms with Crippen LogP contribution >= 0.6 is 0 Å². The minimum atomic E-state index is -0.127. The maximum Gasteiger partial charge on any atom is 0.128 e. The molecule has 0 amide bonds. The summed E-state index contributed by atoms with van der Waals surface area (Å²) < 4.78 is 5.38. The zero-order chi connectivity index (χ0) is 14.7. The average molecular weight is 283 g/mol. The molecule has 1 atom stereocenters. The van der Waals surface area contributed by atoms with E-state index in [9.17, 15) is 0 Å². The molecule has 4 heteroatoms. The van der Waals surface area contributed by atoms with Gasteiger partial charge in [0.25, 0.3) is 0 Å². The summed E-state index contributed by atoms with van der Waals surface area (Å²) in [6.45, 7) is 5.44. The molecule has 2 aromatic rings. The maximum atomic E-state index is 6.37. The average Bonchev–Trinajstić information content (AvgIpc) is 2.56. The highest BCUT2D eigenvalue weighted by Gasteiger charge is 2.16. The first-order valence-corrected chi connectivity index (χ1v) is 7.35. The van der Waals surface area contributed by atoms with Crippen LogP contribution in [0.2, 0.25) is 0 Å². The summed E-state index contributed by atoms with van der Waals surface area (Å²) in [4.78, 5) is 6.86. The molecule has 1 saturated heterocycles. The highest BCUT2D eigenvalue weighted by molar-refractivity contribution is 5.46. The molecule has 110 valence electrons. The van der Waals surface area contributed by atoms with Crippen LogP contribution in [0, 0.1) is 6.92 Å². The molecule has 1 fully saturated rings. The fourth-order valence-corrected chi connectivity index (χ4v) is 2.68.